The molecule has 0 aliphatic heterocycles. The maximum absolute atomic E-state index is 12.3. The van der Waals surface area contributed by atoms with Gasteiger partial charge in [-0.1, -0.05) is 6.07 Å². The van der Waals surface area contributed by atoms with Gasteiger partial charge in [0.1, 0.15) is 4.21 Å². The summed E-state index contributed by atoms with van der Waals surface area (Å²) in [4.78, 5) is 0. The number of hydrogen-bond acceptors (Lipinski definition) is 4. The highest BCUT2D eigenvalue weighted by Gasteiger charge is 2.55. The Bertz CT molecular complexity index is 596. The maximum Gasteiger partial charge on any atom is 0.250 e. The van der Waals surface area contributed by atoms with Crippen LogP contribution in [0.2, 0.25) is 0 Å². The average molecular weight is 326 g/mol. The summed E-state index contributed by atoms with van der Waals surface area (Å²) >= 11 is 1.25. The van der Waals surface area contributed by atoms with Gasteiger partial charge in [-0.05, 0) is 67.2 Å². The Morgan fingerprint density at radius 1 is 1.19 bits per heavy atom. The zero-order chi connectivity index (χ0) is 14.7. The summed E-state index contributed by atoms with van der Waals surface area (Å²) in [6.07, 6.45) is 6.17. The van der Waals surface area contributed by atoms with Crippen molar-refractivity contribution < 1.29 is 8.42 Å². The lowest BCUT2D eigenvalue weighted by Crippen LogP contribution is -2.67. The van der Waals surface area contributed by atoms with Crippen LogP contribution in [0.1, 0.15) is 32.1 Å². The Kier molecular flexibility index (Phi) is 3.23. The predicted molar refractivity (Wildman–Crippen MR) is 83.5 cm³/mol. The fraction of sp³-hybridized carbons (Fsp3) is 0.733. The Morgan fingerprint density at radius 3 is 2.33 bits per heavy atom. The van der Waals surface area contributed by atoms with E-state index in [1.54, 1.807) is 17.5 Å². The molecule has 4 aliphatic rings. The SMILES string of the molecule is NC1(CNS(=O)(=O)c2cccs2)C2CC3CC(C2)CC1C3. The first-order valence-corrected chi connectivity index (χ1v) is 10.2. The summed E-state index contributed by atoms with van der Waals surface area (Å²) in [7, 11) is -3.40. The van der Waals surface area contributed by atoms with E-state index in [2.05, 4.69) is 4.72 Å². The topological polar surface area (TPSA) is 72.2 Å². The van der Waals surface area contributed by atoms with Crippen LogP contribution in [-0.4, -0.2) is 20.5 Å². The smallest absolute Gasteiger partial charge is 0.250 e. The molecule has 116 valence electrons. The van der Waals surface area contributed by atoms with Crippen molar-refractivity contribution in [1.82, 2.24) is 4.72 Å². The van der Waals surface area contributed by atoms with Crippen molar-refractivity contribution in [3.8, 4) is 0 Å². The molecule has 4 aliphatic carbocycles. The van der Waals surface area contributed by atoms with E-state index < -0.39 is 10.0 Å². The van der Waals surface area contributed by atoms with Crippen LogP contribution in [0, 0.1) is 23.7 Å². The van der Waals surface area contributed by atoms with E-state index in [1.165, 1.54) is 43.4 Å². The van der Waals surface area contributed by atoms with E-state index in [0.29, 0.717) is 22.6 Å². The van der Waals surface area contributed by atoms with E-state index in [-0.39, 0.29) is 5.54 Å². The van der Waals surface area contributed by atoms with Gasteiger partial charge in [-0.3, -0.25) is 0 Å². The number of nitrogens with two attached hydrogens (primary N) is 1. The van der Waals surface area contributed by atoms with Crippen LogP contribution in [0.3, 0.4) is 0 Å². The van der Waals surface area contributed by atoms with Gasteiger partial charge in [-0.2, -0.15) is 0 Å². The first-order valence-electron chi connectivity index (χ1n) is 7.79. The fourth-order valence-corrected chi connectivity index (χ4v) is 7.20. The van der Waals surface area contributed by atoms with Crippen molar-refractivity contribution in [3.63, 3.8) is 0 Å². The molecular weight excluding hydrogens is 304 g/mol. The molecule has 3 N–H and O–H groups in total. The van der Waals surface area contributed by atoms with Gasteiger partial charge in [0.2, 0.25) is 10.0 Å². The molecular formula is C15H22N2O2S2. The zero-order valence-electron chi connectivity index (χ0n) is 12.0. The molecule has 1 aromatic rings. The van der Waals surface area contributed by atoms with Crippen LogP contribution in [0.15, 0.2) is 21.7 Å². The quantitative estimate of drug-likeness (QED) is 0.891. The Morgan fingerprint density at radius 2 is 1.81 bits per heavy atom. The van der Waals surface area contributed by atoms with Gasteiger partial charge in [-0.25, -0.2) is 13.1 Å². The number of hydrogen-bond donors (Lipinski definition) is 2. The van der Waals surface area contributed by atoms with Crippen LogP contribution in [0.25, 0.3) is 0 Å². The van der Waals surface area contributed by atoms with Gasteiger partial charge >= 0.3 is 0 Å². The average Bonchev–Trinajstić information content (AvgIpc) is 2.97. The second-order valence-corrected chi connectivity index (χ2v) is 10.1. The third kappa shape index (κ3) is 2.27. The van der Waals surface area contributed by atoms with E-state index in [1.807, 2.05) is 0 Å². The molecule has 0 spiro atoms. The normalized spacial score (nSPS) is 41.6. The molecule has 1 aromatic heterocycles. The van der Waals surface area contributed by atoms with Crippen molar-refractivity contribution >= 4 is 21.4 Å². The molecule has 21 heavy (non-hydrogen) atoms. The van der Waals surface area contributed by atoms with Crippen LogP contribution >= 0.6 is 11.3 Å². The highest BCUT2D eigenvalue weighted by molar-refractivity contribution is 7.91. The molecule has 6 heteroatoms. The lowest BCUT2D eigenvalue weighted by atomic mass is 9.49. The molecule has 0 atom stereocenters. The number of sulfonamides is 1. The minimum Gasteiger partial charge on any atom is -0.324 e. The second kappa shape index (κ2) is 4.78. The summed E-state index contributed by atoms with van der Waals surface area (Å²) < 4.78 is 27.8. The third-order valence-electron chi connectivity index (χ3n) is 5.99. The molecule has 5 rings (SSSR count). The van der Waals surface area contributed by atoms with Gasteiger partial charge < -0.3 is 5.73 Å². The molecule has 0 aromatic carbocycles. The van der Waals surface area contributed by atoms with E-state index in [9.17, 15) is 8.42 Å². The number of rotatable bonds is 4. The van der Waals surface area contributed by atoms with Crippen molar-refractivity contribution in [1.29, 1.82) is 0 Å². The van der Waals surface area contributed by atoms with E-state index in [0.717, 1.165) is 11.8 Å². The first-order chi connectivity index (χ1) is 9.97. The summed E-state index contributed by atoms with van der Waals surface area (Å²) in [5.74, 6) is 2.69. The minimum atomic E-state index is -3.40. The molecule has 0 unspecified atom stereocenters. The van der Waals surface area contributed by atoms with Crippen LogP contribution in [-0.2, 0) is 10.0 Å². The minimum absolute atomic E-state index is 0.336. The molecule has 0 radical (unpaired) electrons. The Hall–Kier alpha value is -0.430. The summed E-state index contributed by atoms with van der Waals surface area (Å²) in [6.45, 7) is 0.391. The van der Waals surface area contributed by atoms with Crippen molar-refractivity contribution in [2.45, 2.75) is 41.9 Å². The number of thiophene rings is 1. The molecule has 4 nitrogen and oxygen atoms in total. The standard InChI is InChI=1S/C15H22N2O2S2/c16-15(9-17-21(18,19)14-2-1-3-20-14)12-5-10-4-11(7-12)8-13(15)6-10/h1-3,10-13,17H,4-9,16H2. The summed E-state index contributed by atoms with van der Waals surface area (Å²) in [5, 5.41) is 1.79. The van der Waals surface area contributed by atoms with Crippen molar-refractivity contribution in [3.05, 3.63) is 17.5 Å². The molecule has 4 saturated carbocycles. The van der Waals surface area contributed by atoms with Crippen LogP contribution in [0.5, 0.6) is 0 Å². The molecule has 4 bridgehead atoms. The molecule has 0 saturated heterocycles. The van der Waals surface area contributed by atoms with Crippen molar-refractivity contribution in [2.24, 2.45) is 29.4 Å². The largest absolute Gasteiger partial charge is 0.324 e. The van der Waals surface area contributed by atoms with Gasteiger partial charge in [-0.15, -0.1) is 11.3 Å². The predicted octanol–water partition coefficient (Wildman–Crippen LogP) is 2.18. The van der Waals surface area contributed by atoms with Crippen LogP contribution in [0.4, 0.5) is 0 Å². The lowest BCUT2D eigenvalue weighted by Gasteiger charge is -2.59. The fourth-order valence-electron chi connectivity index (χ4n) is 5.06. The van der Waals surface area contributed by atoms with Crippen molar-refractivity contribution in [2.75, 3.05) is 6.54 Å². The van der Waals surface area contributed by atoms with Gasteiger partial charge in [0.05, 0.1) is 0 Å². The monoisotopic (exact) mass is 326 g/mol. The molecule has 1 heterocycles. The highest BCUT2D eigenvalue weighted by atomic mass is 32.2. The zero-order valence-corrected chi connectivity index (χ0v) is 13.6. The second-order valence-electron chi connectivity index (χ2n) is 7.17. The van der Waals surface area contributed by atoms with Gasteiger partial charge in [0.25, 0.3) is 0 Å². The van der Waals surface area contributed by atoms with Crippen LogP contribution < -0.4 is 10.5 Å². The van der Waals surface area contributed by atoms with Gasteiger partial charge in [0, 0.05) is 12.1 Å². The molecule has 4 fully saturated rings. The van der Waals surface area contributed by atoms with Gasteiger partial charge in [0.15, 0.2) is 0 Å². The highest BCUT2D eigenvalue weighted by Crippen LogP contribution is 2.57. The maximum atomic E-state index is 12.3. The lowest BCUT2D eigenvalue weighted by molar-refractivity contribution is -0.0521. The summed E-state index contributed by atoms with van der Waals surface area (Å²) in [5.41, 5.74) is 6.39. The van der Waals surface area contributed by atoms with E-state index >= 15 is 0 Å². The van der Waals surface area contributed by atoms with E-state index in [4.69, 9.17) is 5.73 Å². The Labute approximate surface area is 130 Å². The third-order valence-corrected chi connectivity index (χ3v) is 8.79. The number of nitrogens with one attached hydrogen (secondary N) is 1. The first kappa shape index (κ1) is 14.2. The summed E-state index contributed by atoms with van der Waals surface area (Å²) in [6, 6.07) is 3.41. The molecule has 0 amide bonds. The Balaban J connectivity index is 1.52.